The highest BCUT2D eigenvalue weighted by Gasteiger charge is 2.18. The molecule has 0 spiro atoms. The molecule has 0 atom stereocenters. The van der Waals surface area contributed by atoms with Gasteiger partial charge in [0.2, 0.25) is 0 Å². The van der Waals surface area contributed by atoms with Gasteiger partial charge in [0.25, 0.3) is 0 Å². The molecule has 0 saturated heterocycles. The largest absolute Gasteiger partial charge is 0.455 e. The van der Waals surface area contributed by atoms with Crippen molar-refractivity contribution in [3.63, 3.8) is 0 Å². The number of benzene rings is 8. The molecule has 4 heteroatoms. The van der Waals surface area contributed by atoms with Crippen LogP contribution in [-0.4, -0.2) is 15.0 Å². The zero-order chi connectivity index (χ0) is 33.7. The highest BCUT2D eigenvalue weighted by Crippen LogP contribution is 2.42. The summed E-state index contributed by atoms with van der Waals surface area (Å²) in [5.74, 6) is 1.93. The summed E-state index contributed by atoms with van der Waals surface area (Å²) in [6.45, 7) is 0. The fourth-order valence-corrected chi connectivity index (χ4v) is 7.30. The van der Waals surface area contributed by atoms with E-state index in [1.165, 1.54) is 16.5 Å². The molecule has 51 heavy (non-hydrogen) atoms. The second-order valence-corrected chi connectivity index (χ2v) is 12.8. The second-order valence-electron chi connectivity index (χ2n) is 12.8. The molecule has 10 rings (SSSR count). The minimum atomic E-state index is 0.638. The smallest absolute Gasteiger partial charge is 0.164 e. The number of furan rings is 1. The standard InChI is InChI=1S/C47H29N3O/c1-4-14-30(15-5-1)41-29-42-38-25-24-33(28-43(38)51-44(42)39-23-13-12-22-37(39)41)34-26-27-40(36-21-11-10-20-35(34)36)47-49-45(31-16-6-2-7-17-31)48-46(50-47)32-18-8-3-9-19-32/h1-29H. The average molecular weight is 652 g/mol. The van der Waals surface area contributed by atoms with Crippen molar-refractivity contribution in [1.82, 2.24) is 15.0 Å². The minimum absolute atomic E-state index is 0.638. The van der Waals surface area contributed by atoms with E-state index >= 15 is 0 Å². The first kappa shape index (κ1) is 29.0. The Hall–Kier alpha value is -6.91. The van der Waals surface area contributed by atoms with Crippen LogP contribution in [0.25, 0.3) is 99.9 Å². The second kappa shape index (κ2) is 11.9. The third kappa shape index (κ3) is 4.96. The van der Waals surface area contributed by atoms with Crippen LogP contribution >= 0.6 is 0 Å². The number of aromatic nitrogens is 3. The van der Waals surface area contributed by atoms with E-state index in [9.17, 15) is 0 Å². The summed E-state index contributed by atoms with van der Waals surface area (Å²) in [7, 11) is 0. The van der Waals surface area contributed by atoms with Crippen molar-refractivity contribution in [3.8, 4) is 56.4 Å². The first-order valence-corrected chi connectivity index (χ1v) is 17.1. The fraction of sp³-hybridized carbons (Fsp3) is 0. The molecule has 8 aromatic carbocycles. The van der Waals surface area contributed by atoms with Crippen LogP contribution in [0.15, 0.2) is 180 Å². The zero-order valence-electron chi connectivity index (χ0n) is 27.5. The van der Waals surface area contributed by atoms with E-state index in [1.54, 1.807) is 0 Å². The number of hydrogen-bond acceptors (Lipinski definition) is 4. The monoisotopic (exact) mass is 651 g/mol. The molecule has 238 valence electrons. The third-order valence-corrected chi connectivity index (χ3v) is 9.74. The molecule has 2 aromatic heterocycles. The molecule has 0 saturated carbocycles. The lowest BCUT2D eigenvalue weighted by molar-refractivity contribution is 0.673. The fourth-order valence-electron chi connectivity index (χ4n) is 7.30. The lowest BCUT2D eigenvalue weighted by atomic mass is 9.93. The van der Waals surface area contributed by atoms with Gasteiger partial charge in [-0.1, -0.05) is 152 Å². The molecular formula is C47H29N3O. The van der Waals surface area contributed by atoms with Crippen LogP contribution < -0.4 is 0 Å². The number of fused-ring (bicyclic) bond motifs is 6. The Morgan fingerprint density at radius 2 is 0.784 bits per heavy atom. The molecule has 0 N–H and O–H groups in total. The van der Waals surface area contributed by atoms with E-state index in [-0.39, 0.29) is 0 Å². The Morgan fingerprint density at radius 3 is 1.41 bits per heavy atom. The summed E-state index contributed by atoms with van der Waals surface area (Å²) >= 11 is 0. The maximum atomic E-state index is 6.71. The van der Waals surface area contributed by atoms with Gasteiger partial charge in [-0.3, -0.25) is 0 Å². The van der Waals surface area contributed by atoms with Crippen molar-refractivity contribution in [2.45, 2.75) is 0 Å². The van der Waals surface area contributed by atoms with E-state index in [2.05, 4.69) is 115 Å². The maximum Gasteiger partial charge on any atom is 0.164 e. The van der Waals surface area contributed by atoms with Gasteiger partial charge >= 0.3 is 0 Å². The van der Waals surface area contributed by atoms with Gasteiger partial charge in [-0.25, -0.2) is 15.0 Å². The van der Waals surface area contributed by atoms with Gasteiger partial charge in [-0.15, -0.1) is 0 Å². The lowest BCUT2D eigenvalue weighted by Crippen LogP contribution is -2.00. The molecule has 0 amide bonds. The molecule has 4 nitrogen and oxygen atoms in total. The highest BCUT2D eigenvalue weighted by atomic mass is 16.3. The predicted molar refractivity (Wildman–Crippen MR) is 209 cm³/mol. The Labute approximate surface area is 294 Å². The van der Waals surface area contributed by atoms with E-state index in [4.69, 9.17) is 19.4 Å². The zero-order valence-corrected chi connectivity index (χ0v) is 27.5. The van der Waals surface area contributed by atoms with Gasteiger partial charge in [0.1, 0.15) is 11.2 Å². The first-order valence-electron chi connectivity index (χ1n) is 17.1. The molecule has 0 fully saturated rings. The Morgan fingerprint density at radius 1 is 0.294 bits per heavy atom. The average Bonchev–Trinajstić information content (AvgIpc) is 3.59. The molecule has 10 aromatic rings. The van der Waals surface area contributed by atoms with Gasteiger partial charge in [0, 0.05) is 32.8 Å². The Kier molecular flexibility index (Phi) is 6.78. The van der Waals surface area contributed by atoms with Gasteiger partial charge in [0.15, 0.2) is 17.5 Å². The molecule has 0 radical (unpaired) electrons. The van der Waals surface area contributed by atoms with Crippen LogP contribution in [0.5, 0.6) is 0 Å². The van der Waals surface area contributed by atoms with Crippen molar-refractivity contribution < 1.29 is 4.42 Å². The first-order chi connectivity index (χ1) is 25.3. The van der Waals surface area contributed by atoms with E-state index < -0.39 is 0 Å². The topological polar surface area (TPSA) is 51.8 Å². The third-order valence-electron chi connectivity index (χ3n) is 9.74. The lowest BCUT2D eigenvalue weighted by Gasteiger charge is -2.13. The van der Waals surface area contributed by atoms with Crippen LogP contribution in [0.3, 0.4) is 0 Å². The molecule has 0 unspecified atom stereocenters. The normalized spacial score (nSPS) is 11.5. The summed E-state index contributed by atoms with van der Waals surface area (Å²) in [6, 6.07) is 61.0. The van der Waals surface area contributed by atoms with Gasteiger partial charge in [-0.2, -0.15) is 0 Å². The van der Waals surface area contributed by atoms with Crippen molar-refractivity contribution >= 4 is 43.5 Å². The number of rotatable bonds is 5. The number of nitrogens with zero attached hydrogens (tertiary/aromatic N) is 3. The number of hydrogen-bond donors (Lipinski definition) is 0. The molecule has 0 aliphatic heterocycles. The molecular weight excluding hydrogens is 623 g/mol. The quantitative estimate of drug-likeness (QED) is 0.186. The van der Waals surface area contributed by atoms with Crippen LogP contribution in [0, 0.1) is 0 Å². The summed E-state index contributed by atoms with van der Waals surface area (Å²) in [5, 5.41) is 6.70. The Balaban J connectivity index is 1.14. The van der Waals surface area contributed by atoms with Crippen molar-refractivity contribution in [2.75, 3.05) is 0 Å². The molecule has 2 heterocycles. The van der Waals surface area contributed by atoms with Crippen LogP contribution in [0.1, 0.15) is 0 Å². The van der Waals surface area contributed by atoms with Crippen molar-refractivity contribution in [2.24, 2.45) is 0 Å². The summed E-state index contributed by atoms with van der Waals surface area (Å²) in [5.41, 5.74) is 9.23. The SMILES string of the molecule is c1ccc(-c2nc(-c3ccccc3)nc(-c3ccc(-c4ccc5c(c4)oc4c6ccccc6c(-c6ccccc6)cc54)c4ccccc34)n2)cc1. The van der Waals surface area contributed by atoms with Crippen LogP contribution in [0.4, 0.5) is 0 Å². The highest BCUT2D eigenvalue weighted by molar-refractivity contribution is 6.19. The Bertz CT molecular complexity index is 2840. The van der Waals surface area contributed by atoms with E-state index in [0.717, 1.165) is 65.9 Å². The van der Waals surface area contributed by atoms with Crippen molar-refractivity contribution in [3.05, 3.63) is 176 Å². The van der Waals surface area contributed by atoms with Gasteiger partial charge in [0.05, 0.1) is 0 Å². The molecule has 0 aliphatic carbocycles. The van der Waals surface area contributed by atoms with Crippen molar-refractivity contribution in [1.29, 1.82) is 0 Å². The summed E-state index contributed by atoms with van der Waals surface area (Å²) < 4.78 is 6.71. The van der Waals surface area contributed by atoms with Gasteiger partial charge < -0.3 is 4.42 Å². The van der Waals surface area contributed by atoms with Crippen LogP contribution in [-0.2, 0) is 0 Å². The predicted octanol–water partition coefficient (Wildman–Crippen LogP) is 12.4. The molecule has 0 aliphatic rings. The van der Waals surface area contributed by atoms with E-state index in [0.29, 0.717) is 17.5 Å². The van der Waals surface area contributed by atoms with E-state index in [1.807, 2.05) is 60.7 Å². The van der Waals surface area contributed by atoms with Gasteiger partial charge in [-0.05, 0) is 62.7 Å². The van der Waals surface area contributed by atoms with Crippen LogP contribution in [0.2, 0.25) is 0 Å². The minimum Gasteiger partial charge on any atom is -0.455 e. The summed E-state index contributed by atoms with van der Waals surface area (Å²) in [4.78, 5) is 15.0. The summed E-state index contributed by atoms with van der Waals surface area (Å²) in [6.07, 6.45) is 0. The maximum absolute atomic E-state index is 6.71. The molecule has 0 bridgehead atoms.